The normalized spacial score (nSPS) is 26.8. The number of rotatable bonds is 5. The van der Waals surface area contributed by atoms with E-state index in [1.54, 1.807) is 7.11 Å². The number of carbonyl (C=O) groups excluding carboxylic acids is 2. The minimum atomic E-state index is -0.515. The number of carbonyl (C=O) groups is 2. The second-order valence-electron chi connectivity index (χ2n) is 6.39. The van der Waals surface area contributed by atoms with E-state index in [-0.39, 0.29) is 23.8 Å². The molecule has 0 aromatic heterocycles. The standard InChI is InChI=1S/C19H23NO5/c1-20-15-6-5-11(23-2)9-13(15)12-7-10-8-14(12)17(19(22)25-4)16(10)18(21)24-3/h5-7,9-10,14,16-17,20H,8H2,1-4H3/t10?,14?,16-,17+/m0/s1. The van der Waals surface area contributed by atoms with Crippen LogP contribution in [0.3, 0.4) is 0 Å². The fourth-order valence-corrected chi connectivity index (χ4v) is 4.25. The Bertz CT molecular complexity index is 727. The van der Waals surface area contributed by atoms with E-state index in [1.807, 2.05) is 25.2 Å². The van der Waals surface area contributed by atoms with E-state index in [2.05, 4.69) is 11.4 Å². The van der Waals surface area contributed by atoms with Crippen molar-refractivity contribution in [2.45, 2.75) is 6.42 Å². The molecular weight excluding hydrogens is 322 g/mol. The molecule has 0 aliphatic heterocycles. The van der Waals surface area contributed by atoms with Gasteiger partial charge in [-0.2, -0.15) is 0 Å². The Hall–Kier alpha value is -2.50. The Labute approximate surface area is 147 Å². The molecule has 134 valence electrons. The summed E-state index contributed by atoms with van der Waals surface area (Å²) in [6.07, 6.45) is 2.84. The van der Waals surface area contributed by atoms with Crippen molar-refractivity contribution in [2.24, 2.45) is 23.7 Å². The molecule has 1 saturated carbocycles. The highest BCUT2D eigenvalue weighted by Crippen LogP contribution is 2.56. The van der Waals surface area contributed by atoms with Gasteiger partial charge in [0.1, 0.15) is 5.75 Å². The van der Waals surface area contributed by atoms with E-state index < -0.39 is 11.8 Å². The molecule has 2 aliphatic carbocycles. The van der Waals surface area contributed by atoms with Crippen LogP contribution in [-0.2, 0) is 19.1 Å². The highest BCUT2D eigenvalue weighted by Gasteiger charge is 2.56. The topological polar surface area (TPSA) is 73.9 Å². The molecule has 2 unspecified atom stereocenters. The maximum absolute atomic E-state index is 12.4. The quantitative estimate of drug-likeness (QED) is 0.826. The van der Waals surface area contributed by atoms with Gasteiger partial charge in [0, 0.05) is 18.3 Å². The average Bonchev–Trinajstić information content (AvgIpc) is 3.24. The summed E-state index contributed by atoms with van der Waals surface area (Å²) >= 11 is 0. The second-order valence-corrected chi connectivity index (χ2v) is 6.39. The SMILES string of the molecule is CNc1ccc(OC)cc1C1=CC2CC1[C@@H](C(=O)OC)[C@H]2C(=O)OC. The van der Waals surface area contributed by atoms with Crippen molar-refractivity contribution in [1.82, 2.24) is 0 Å². The first-order chi connectivity index (χ1) is 12.0. The van der Waals surface area contributed by atoms with Crippen molar-refractivity contribution in [3.05, 3.63) is 29.8 Å². The van der Waals surface area contributed by atoms with Crippen LogP contribution in [0.4, 0.5) is 5.69 Å². The minimum absolute atomic E-state index is 0.0209. The summed E-state index contributed by atoms with van der Waals surface area (Å²) in [5.74, 6) is -1.04. The Morgan fingerprint density at radius 1 is 1.08 bits per heavy atom. The third-order valence-electron chi connectivity index (χ3n) is 5.35. The van der Waals surface area contributed by atoms with Gasteiger partial charge in [-0.15, -0.1) is 0 Å². The zero-order valence-corrected chi connectivity index (χ0v) is 14.9. The van der Waals surface area contributed by atoms with Crippen molar-refractivity contribution in [3.8, 4) is 5.75 Å². The van der Waals surface area contributed by atoms with Crippen molar-refractivity contribution in [1.29, 1.82) is 0 Å². The van der Waals surface area contributed by atoms with Gasteiger partial charge in [0.25, 0.3) is 0 Å². The van der Waals surface area contributed by atoms with Crippen LogP contribution in [0.2, 0.25) is 0 Å². The largest absolute Gasteiger partial charge is 0.497 e. The number of fused-ring (bicyclic) bond motifs is 2. The lowest BCUT2D eigenvalue weighted by atomic mass is 9.77. The molecular formula is C19H23NO5. The Morgan fingerprint density at radius 2 is 1.76 bits per heavy atom. The van der Waals surface area contributed by atoms with Crippen molar-refractivity contribution in [2.75, 3.05) is 33.7 Å². The van der Waals surface area contributed by atoms with Gasteiger partial charge < -0.3 is 19.5 Å². The molecule has 0 radical (unpaired) electrons. The molecule has 6 nitrogen and oxygen atoms in total. The number of esters is 2. The molecule has 1 fully saturated rings. The van der Waals surface area contributed by atoms with E-state index in [4.69, 9.17) is 14.2 Å². The molecule has 4 atom stereocenters. The molecule has 1 aromatic carbocycles. The summed E-state index contributed by atoms with van der Waals surface area (Å²) in [5.41, 5.74) is 3.01. The smallest absolute Gasteiger partial charge is 0.310 e. The maximum atomic E-state index is 12.4. The van der Waals surface area contributed by atoms with E-state index in [1.165, 1.54) is 14.2 Å². The zero-order valence-electron chi connectivity index (χ0n) is 14.9. The summed E-state index contributed by atoms with van der Waals surface area (Å²) in [6, 6.07) is 5.80. The van der Waals surface area contributed by atoms with Crippen molar-refractivity contribution >= 4 is 23.2 Å². The number of ether oxygens (including phenoxy) is 3. The fourth-order valence-electron chi connectivity index (χ4n) is 4.25. The third kappa shape index (κ3) is 2.75. The molecule has 6 heteroatoms. The molecule has 2 aliphatic rings. The molecule has 2 bridgehead atoms. The van der Waals surface area contributed by atoms with E-state index in [9.17, 15) is 9.59 Å². The summed E-state index contributed by atoms with van der Waals surface area (Å²) < 4.78 is 15.3. The number of anilines is 1. The second kappa shape index (κ2) is 6.78. The van der Waals surface area contributed by atoms with Gasteiger partial charge in [0.15, 0.2) is 0 Å². The van der Waals surface area contributed by atoms with E-state index >= 15 is 0 Å². The Balaban J connectivity index is 2.05. The summed E-state index contributed by atoms with van der Waals surface area (Å²) in [6.45, 7) is 0. The number of allylic oxidation sites excluding steroid dienone is 2. The Morgan fingerprint density at radius 3 is 2.36 bits per heavy atom. The van der Waals surface area contributed by atoms with Gasteiger partial charge in [0.05, 0.1) is 33.2 Å². The van der Waals surface area contributed by atoms with E-state index in [0.717, 1.165) is 29.0 Å². The number of methoxy groups -OCH3 is 3. The van der Waals surface area contributed by atoms with Crippen LogP contribution in [-0.4, -0.2) is 40.3 Å². The molecule has 1 N–H and O–H groups in total. The predicted octanol–water partition coefficient (Wildman–Crippen LogP) is 2.35. The molecule has 0 spiro atoms. The van der Waals surface area contributed by atoms with Crippen LogP contribution in [0.5, 0.6) is 5.75 Å². The summed E-state index contributed by atoms with van der Waals surface area (Å²) in [4.78, 5) is 24.6. The first kappa shape index (κ1) is 17.3. The lowest BCUT2D eigenvalue weighted by molar-refractivity contribution is -0.157. The monoisotopic (exact) mass is 345 g/mol. The summed E-state index contributed by atoms with van der Waals surface area (Å²) in [5, 5.41) is 3.18. The van der Waals surface area contributed by atoms with Gasteiger partial charge in [-0.25, -0.2) is 0 Å². The van der Waals surface area contributed by atoms with Crippen molar-refractivity contribution in [3.63, 3.8) is 0 Å². The number of hydrogen-bond acceptors (Lipinski definition) is 6. The molecule has 3 rings (SSSR count). The van der Waals surface area contributed by atoms with Crippen LogP contribution < -0.4 is 10.1 Å². The average molecular weight is 345 g/mol. The van der Waals surface area contributed by atoms with Gasteiger partial charge in [-0.3, -0.25) is 9.59 Å². The first-order valence-electron chi connectivity index (χ1n) is 8.29. The number of nitrogens with one attached hydrogen (secondary N) is 1. The molecule has 25 heavy (non-hydrogen) atoms. The molecule has 0 heterocycles. The van der Waals surface area contributed by atoms with Gasteiger partial charge in [0.2, 0.25) is 0 Å². The molecule has 1 aromatic rings. The molecule has 0 amide bonds. The van der Waals surface area contributed by atoms with Gasteiger partial charge in [-0.05, 0) is 42.0 Å². The number of hydrogen-bond donors (Lipinski definition) is 1. The summed E-state index contributed by atoms with van der Waals surface area (Å²) in [7, 11) is 6.19. The van der Waals surface area contributed by atoms with Gasteiger partial charge in [-0.1, -0.05) is 6.08 Å². The van der Waals surface area contributed by atoms with Crippen LogP contribution in [0.15, 0.2) is 24.3 Å². The first-order valence-corrected chi connectivity index (χ1v) is 8.29. The van der Waals surface area contributed by atoms with Gasteiger partial charge >= 0.3 is 11.9 Å². The van der Waals surface area contributed by atoms with E-state index in [0.29, 0.717) is 0 Å². The van der Waals surface area contributed by atoms with Crippen LogP contribution >= 0.6 is 0 Å². The highest BCUT2D eigenvalue weighted by atomic mass is 16.5. The zero-order chi connectivity index (χ0) is 18.1. The Kier molecular flexibility index (Phi) is 4.70. The molecule has 0 saturated heterocycles. The fraction of sp³-hybridized carbons (Fsp3) is 0.474. The van der Waals surface area contributed by atoms with Crippen LogP contribution in [0.25, 0.3) is 5.57 Å². The highest BCUT2D eigenvalue weighted by molar-refractivity contribution is 5.90. The minimum Gasteiger partial charge on any atom is -0.497 e. The van der Waals surface area contributed by atoms with Crippen LogP contribution in [0.1, 0.15) is 12.0 Å². The maximum Gasteiger partial charge on any atom is 0.310 e. The third-order valence-corrected chi connectivity index (χ3v) is 5.35. The van der Waals surface area contributed by atoms with Crippen LogP contribution in [0, 0.1) is 23.7 Å². The predicted molar refractivity (Wildman–Crippen MR) is 93.1 cm³/mol. The number of benzene rings is 1. The lowest BCUT2D eigenvalue weighted by Gasteiger charge is -2.28. The van der Waals surface area contributed by atoms with Crippen molar-refractivity contribution < 1.29 is 23.8 Å². The lowest BCUT2D eigenvalue weighted by Crippen LogP contribution is -2.35.